The Hall–Kier alpha value is -1.13. The third kappa shape index (κ3) is 3.00. The monoisotopic (exact) mass is 263 g/mol. The smallest absolute Gasteiger partial charge is 0.106 e. The van der Waals surface area contributed by atoms with Crippen LogP contribution in [0.2, 0.25) is 0 Å². The van der Waals surface area contributed by atoms with Gasteiger partial charge in [-0.3, -0.25) is 0 Å². The number of piperidine rings is 1. The van der Waals surface area contributed by atoms with Crippen LogP contribution in [-0.4, -0.2) is 36.1 Å². The van der Waals surface area contributed by atoms with Gasteiger partial charge in [0.1, 0.15) is 4.99 Å². The van der Waals surface area contributed by atoms with Gasteiger partial charge in [0.25, 0.3) is 0 Å². The van der Waals surface area contributed by atoms with Crippen LogP contribution in [0.3, 0.4) is 0 Å². The van der Waals surface area contributed by atoms with E-state index in [0.29, 0.717) is 16.9 Å². The molecule has 18 heavy (non-hydrogen) atoms. The summed E-state index contributed by atoms with van der Waals surface area (Å²) < 4.78 is 0. The number of thiocarbonyl (C=S) groups is 1. The second kappa shape index (κ2) is 5.67. The van der Waals surface area contributed by atoms with Gasteiger partial charge in [0.2, 0.25) is 0 Å². The van der Waals surface area contributed by atoms with E-state index in [1.54, 1.807) is 0 Å². The molecule has 2 atom stereocenters. The zero-order chi connectivity index (χ0) is 13.1. The molecule has 0 bridgehead atoms. The highest BCUT2D eigenvalue weighted by molar-refractivity contribution is 7.80. The van der Waals surface area contributed by atoms with Crippen LogP contribution in [-0.2, 0) is 0 Å². The van der Waals surface area contributed by atoms with E-state index in [1.165, 1.54) is 0 Å². The number of rotatable bonds is 3. The molecule has 0 radical (unpaired) electrons. The van der Waals surface area contributed by atoms with Crippen LogP contribution in [0.5, 0.6) is 0 Å². The molecule has 1 aromatic rings. The standard InChI is InChI=1S/C14H21N3S/c1-10-9-17(2)8-7-12(10)16-13-6-4-3-5-11(13)14(15)18/h3-6,10,12,16H,7-9H2,1-2H3,(H2,15,18). The maximum Gasteiger partial charge on any atom is 0.106 e. The van der Waals surface area contributed by atoms with Gasteiger partial charge in [-0.25, -0.2) is 0 Å². The molecule has 3 nitrogen and oxygen atoms in total. The molecular formula is C14H21N3S. The number of nitrogens with two attached hydrogens (primary N) is 1. The maximum absolute atomic E-state index is 5.76. The summed E-state index contributed by atoms with van der Waals surface area (Å²) in [4.78, 5) is 2.83. The molecular weight excluding hydrogens is 242 g/mol. The Morgan fingerprint density at radius 1 is 1.44 bits per heavy atom. The number of para-hydroxylation sites is 1. The fraction of sp³-hybridized carbons (Fsp3) is 0.500. The molecule has 1 saturated heterocycles. The third-order valence-electron chi connectivity index (χ3n) is 3.64. The lowest BCUT2D eigenvalue weighted by molar-refractivity contribution is 0.206. The first-order valence-corrected chi connectivity index (χ1v) is 6.82. The minimum Gasteiger partial charge on any atom is -0.389 e. The minimum absolute atomic E-state index is 0.457. The molecule has 0 spiro atoms. The quantitative estimate of drug-likeness (QED) is 0.819. The largest absolute Gasteiger partial charge is 0.389 e. The van der Waals surface area contributed by atoms with Gasteiger partial charge in [-0.05, 0) is 38.1 Å². The van der Waals surface area contributed by atoms with E-state index < -0.39 is 0 Å². The van der Waals surface area contributed by atoms with Gasteiger partial charge < -0.3 is 16.0 Å². The SMILES string of the molecule is CC1CN(C)CCC1Nc1ccccc1C(N)=S. The van der Waals surface area contributed by atoms with Crippen LogP contribution in [0.15, 0.2) is 24.3 Å². The van der Waals surface area contributed by atoms with Gasteiger partial charge in [-0.15, -0.1) is 0 Å². The first-order chi connectivity index (χ1) is 8.58. The van der Waals surface area contributed by atoms with Crippen molar-refractivity contribution in [3.63, 3.8) is 0 Å². The summed E-state index contributed by atoms with van der Waals surface area (Å²) in [6, 6.07) is 8.52. The second-order valence-electron chi connectivity index (χ2n) is 5.19. The zero-order valence-electron chi connectivity index (χ0n) is 11.0. The van der Waals surface area contributed by atoms with Crippen molar-refractivity contribution in [2.45, 2.75) is 19.4 Å². The maximum atomic E-state index is 5.76. The zero-order valence-corrected chi connectivity index (χ0v) is 11.8. The number of hydrogen-bond acceptors (Lipinski definition) is 3. The summed E-state index contributed by atoms with van der Waals surface area (Å²) in [5.41, 5.74) is 7.76. The Morgan fingerprint density at radius 3 is 2.83 bits per heavy atom. The van der Waals surface area contributed by atoms with Crippen LogP contribution in [0.4, 0.5) is 5.69 Å². The Balaban J connectivity index is 2.12. The highest BCUT2D eigenvalue weighted by Crippen LogP contribution is 2.23. The van der Waals surface area contributed by atoms with Crippen LogP contribution >= 0.6 is 12.2 Å². The normalized spacial score (nSPS) is 24.8. The Bertz CT molecular complexity index is 433. The molecule has 1 heterocycles. The summed E-state index contributed by atoms with van der Waals surface area (Å²) >= 11 is 5.09. The lowest BCUT2D eigenvalue weighted by Crippen LogP contribution is -2.43. The summed E-state index contributed by atoms with van der Waals surface area (Å²) in [6.45, 7) is 4.56. The van der Waals surface area contributed by atoms with Crippen LogP contribution in [0.25, 0.3) is 0 Å². The summed E-state index contributed by atoms with van der Waals surface area (Å²) in [5, 5.41) is 3.61. The number of nitrogens with one attached hydrogen (secondary N) is 1. The van der Waals surface area contributed by atoms with E-state index in [1.807, 2.05) is 18.2 Å². The van der Waals surface area contributed by atoms with Gasteiger partial charge in [-0.2, -0.15) is 0 Å². The van der Waals surface area contributed by atoms with Gasteiger partial charge >= 0.3 is 0 Å². The van der Waals surface area contributed by atoms with Crippen molar-refractivity contribution in [3.05, 3.63) is 29.8 Å². The number of likely N-dealkylation sites (tertiary alicyclic amines) is 1. The van der Waals surface area contributed by atoms with Crippen molar-refractivity contribution in [2.75, 3.05) is 25.5 Å². The fourth-order valence-corrected chi connectivity index (χ4v) is 2.77. The highest BCUT2D eigenvalue weighted by Gasteiger charge is 2.24. The number of hydrogen-bond donors (Lipinski definition) is 2. The molecule has 0 aliphatic carbocycles. The molecule has 3 N–H and O–H groups in total. The number of benzene rings is 1. The van der Waals surface area contributed by atoms with Crippen molar-refractivity contribution in [1.82, 2.24) is 4.90 Å². The first kappa shape index (κ1) is 13.3. The average Bonchev–Trinajstić information content (AvgIpc) is 2.33. The molecule has 1 aromatic carbocycles. The van der Waals surface area contributed by atoms with E-state index in [-0.39, 0.29) is 0 Å². The average molecular weight is 263 g/mol. The van der Waals surface area contributed by atoms with Gasteiger partial charge in [-0.1, -0.05) is 31.3 Å². The van der Waals surface area contributed by atoms with Gasteiger partial charge in [0.15, 0.2) is 0 Å². The van der Waals surface area contributed by atoms with E-state index in [2.05, 4.69) is 30.3 Å². The van der Waals surface area contributed by atoms with Crippen molar-refractivity contribution in [3.8, 4) is 0 Å². The first-order valence-electron chi connectivity index (χ1n) is 6.42. The van der Waals surface area contributed by atoms with Crippen molar-refractivity contribution in [1.29, 1.82) is 0 Å². The third-order valence-corrected chi connectivity index (χ3v) is 3.86. The summed E-state index contributed by atoms with van der Waals surface area (Å²) in [6.07, 6.45) is 1.16. The molecule has 1 aliphatic heterocycles. The second-order valence-corrected chi connectivity index (χ2v) is 5.63. The van der Waals surface area contributed by atoms with E-state index >= 15 is 0 Å². The molecule has 2 unspecified atom stereocenters. The number of nitrogens with zero attached hydrogens (tertiary/aromatic N) is 1. The molecule has 1 fully saturated rings. The van der Waals surface area contributed by atoms with Crippen LogP contribution in [0.1, 0.15) is 18.9 Å². The molecule has 4 heteroatoms. The molecule has 0 aromatic heterocycles. The van der Waals surface area contributed by atoms with Crippen molar-refractivity contribution >= 4 is 22.9 Å². The summed E-state index contributed by atoms with van der Waals surface area (Å²) in [5.74, 6) is 0.628. The number of anilines is 1. The predicted octanol–water partition coefficient (Wildman–Crippen LogP) is 2.07. The molecule has 0 saturated carbocycles. The predicted molar refractivity (Wildman–Crippen MR) is 81.0 cm³/mol. The minimum atomic E-state index is 0.457. The van der Waals surface area contributed by atoms with Crippen LogP contribution in [0, 0.1) is 5.92 Å². The van der Waals surface area contributed by atoms with Gasteiger partial charge in [0, 0.05) is 23.8 Å². The lowest BCUT2D eigenvalue weighted by Gasteiger charge is -2.36. The molecule has 2 rings (SSSR count). The van der Waals surface area contributed by atoms with E-state index in [4.69, 9.17) is 18.0 Å². The van der Waals surface area contributed by atoms with E-state index in [9.17, 15) is 0 Å². The summed E-state index contributed by atoms with van der Waals surface area (Å²) in [7, 11) is 2.18. The van der Waals surface area contributed by atoms with Crippen molar-refractivity contribution < 1.29 is 0 Å². The van der Waals surface area contributed by atoms with Crippen LogP contribution < -0.4 is 11.1 Å². The van der Waals surface area contributed by atoms with Gasteiger partial charge in [0.05, 0.1) is 0 Å². The molecule has 1 aliphatic rings. The Morgan fingerprint density at radius 2 is 2.17 bits per heavy atom. The Labute approximate surface area is 114 Å². The molecule has 98 valence electrons. The topological polar surface area (TPSA) is 41.3 Å². The van der Waals surface area contributed by atoms with E-state index in [0.717, 1.165) is 30.8 Å². The highest BCUT2D eigenvalue weighted by atomic mass is 32.1. The fourth-order valence-electron chi connectivity index (χ4n) is 2.59. The van der Waals surface area contributed by atoms with Crippen molar-refractivity contribution in [2.24, 2.45) is 11.7 Å². The lowest BCUT2D eigenvalue weighted by atomic mass is 9.93. The molecule has 0 amide bonds. The Kier molecular flexibility index (Phi) is 4.19.